The molecule has 1 N–H and O–H groups in total. The first-order chi connectivity index (χ1) is 5.30. The van der Waals surface area contributed by atoms with Crippen LogP contribution in [-0.2, 0) is 0 Å². The summed E-state index contributed by atoms with van der Waals surface area (Å²) in [6.45, 7) is 15.2. The highest BCUT2D eigenvalue weighted by Gasteiger charge is 2.18. The molecule has 0 heterocycles. The van der Waals surface area contributed by atoms with Crippen molar-refractivity contribution in [3.63, 3.8) is 0 Å². The summed E-state index contributed by atoms with van der Waals surface area (Å²) in [4.78, 5) is 0. The third kappa shape index (κ3) is 2.57. The molecule has 0 aromatic rings. The smallest absolute Gasteiger partial charge is 0.121 e. The van der Waals surface area contributed by atoms with Crippen molar-refractivity contribution in [1.82, 2.24) is 0 Å². The summed E-state index contributed by atoms with van der Waals surface area (Å²) in [7, 11) is 0. The highest BCUT2D eigenvalue weighted by Crippen LogP contribution is 2.29. The Bertz CT molecular complexity index is 226. The minimum Gasteiger partial charge on any atom is -0.507 e. The van der Waals surface area contributed by atoms with Crippen molar-refractivity contribution in [1.29, 1.82) is 0 Å². The Morgan fingerprint density at radius 2 is 1.75 bits per heavy atom. The van der Waals surface area contributed by atoms with Crippen LogP contribution < -0.4 is 0 Å². The molecule has 0 spiro atoms. The number of aliphatic hydroxyl groups excluding tert-OH is 1. The maximum Gasteiger partial charge on any atom is 0.121 e. The third-order valence-corrected chi connectivity index (χ3v) is 1.67. The van der Waals surface area contributed by atoms with Gasteiger partial charge in [0.15, 0.2) is 0 Å². The number of hydrogen-bond donors (Lipinski definition) is 1. The van der Waals surface area contributed by atoms with E-state index in [1.807, 2.05) is 20.8 Å². The van der Waals surface area contributed by atoms with E-state index in [1.54, 1.807) is 13.0 Å². The summed E-state index contributed by atoms with van der Waals surface area (Å²) in [6.07, 6.45) is 1.68. The van der Waals surface area contributed by atoms with Crippen LogP contribution in [0.3, 0.4) is 0 Å². The monoisotopic (exact) mass is 166 g/mol. The van der Waals surface area contributed by atoms with E-state index in [2.05, 4.69) is 13.2 Å². The van der Waals surface area contributed by atoms with Gasteiger partial charge < -0.3 is 5.11 Å². The molecule has 0 saturated heterocycles. The Morgan fingerprint density at radius 3 is 1.83 bits per heavy atom. The first-order valence-electron chi connectivity index (χ1n) is 4.02. The molecule has 0 amide bonds. The van der Waals surface area contributed by atoms with Crippen LogP contribution in [0.2, 0.25) is 0 Å². The summed E-state index contributed by atoms with van der Waals surface area (Å²) in [5.41, 5.74) is 1.44. The molecule has 0 saturated carbocycles. The normalized spacial score (nSPS) is 13.7. The van der Waals surface area contributed by atoms with Crippen molar-refractivity contribution >= 4 is 0 Å². The summed E-state index contributed by atoms with van der Waals surface area (Å²) < 4.78 is 0. The fourth-order valence-corrected chi connectivity index (χ4v) is 0.988. The van der Waals surface area contributed by atoms with Crippen molar-refractivity contribution in [3.05, 3.63) is 36.1 Å². The van der Waals surface area contributed by atoms with Gasteiger partial charge in [0, 0.05) is 0 Å². The molecule has 12 heavy (non-hydrogen) atoms. The molecule has 0 aliphatic carbocycles. The Morgan fingerprint density at radius 1 is 1.33 bits per heavy atom. The van der Waals surface area contributed by atoms with Gasteiger partial charge in [0.05, 0.1) is 0 Å². The standard InChI is InChI=1S/C11H18O/c1-7-9(11(4,5)6)10(12)8(2)3/h7,12H,1-2H2,3-6H3/b10-9-. The molecule has 1 heteroatoms. The molecule has 0 rings (SSSR count). The Hall–Kier alpha value is -0.980. The van der Waals surface area contributed by atoms with Crippen molar-refractivity contribution in [2.45, 2.75) is 27.7 Å². The van der Waals surface area contributed by atoms with Gasteiger partial charge in [-0.15, -0.1) is 0 Å². The van der Waals surface area contributed by atoms with Crippen LogP contribution in [0.5, 0.6) is 0 Å². The summed E-state index contributed by atoms with van der Waals surface area (Å²) in [5, 5.41) is 9.63. The zero-order chi connectivity index (χ0) is 9.94. The van der Waals surface area contributed by atoms with Gasteiger partial charge in [-0.05, 0) is 23.5 Å². The lowest BCUT2D eigenvalue weighted by Gasteiger charge is -2.21. The van der Waals surface area contributed by atoms with Gasteiger partial charge >= 0.3 is 0 Å². The van der Waals surface area contributed by atoms with Crippen LogP contribution in [0.1, 0.15) is 27.7 Å². The number of hydrogen-bond acceptors (Lipinski definition) is 1. The average molecular weight is 166 g/mol. The average Bonchev–Trinajstić information content (AvgIpc) is 1.85. The maximum absolute atomic E-state index is 9.63. The quantitative estimate of drug-likeness (QED) is 0.491. The molecule has 0 aliphatic heterocycles. The summed E-state index contributed by atoms with van der Waals surface area (Å²) in [6, 6.07) is 0. The summed E-state index contributed by atoms with van der Waals surface area (Å²) >= 11 is 0. The lowest BCUT2D eigenvalue weighted by molar-refractivity contribution is 0.390. The molecule has 0 bridgehead atoms. The Labute approximate surface area is 75.1 Å². The van der Waals surface area contributed by atoms with Gasteiger partial charge in [0.25, 0.3) is 0 Å². The fourth-order valence-electron chi connectivity index (χ4n) is 0.988. The second kappa shape index (κ2) is 3.61. The first kappa shape index (κ1) is 11.0. The van der Waals surface area contributed by atoms with E-state index in [4.69, 9.17) is 0 Å². The topological polar surface area (TPSA) is 20.2 Å². The van der Waals surface area contributed by atoms with Gasteiger partial charge in [0.1, 0.15) is 5.76 Å². The molecule has 0 fully saturated rings. The van der Waals surface area contributed by atoms with Crippen LogP contribution in [0.25, 0.3) is 0 Å². The molecular weight excluding hydrogens is 148 g/mol. The minimum absolute atomic E-state index is 0.0786. The van der Waals surface area contributed by atoms with E-state index in [9.17, 15) is 5.11 Å². The second-order valence-corrected chi connectivity index (χ2v) is 4.00. The van der Waals surface area contributed by atoms with E-state index in [0.29, 0.717) is 5.57 Å². The van der Waals surface area contributed by atoms with Crippen LogP contribution in [0.4, 0.5) is 0 Å². The number of allylic oxidation sites excluding steroid dienone is 3. The predicted molar refractivity (Wildman–Crippen MR) is 54.1 cm³/mol. The second-order valence-electron chi connectivity index (χ2n) is 4.00. The molecule has 0 aromatic heterocycles. The van der Waals surface area contributed by atoms with Gasteiger partial charge in [0.2, 0.25) is 0 Å². The van der Waals surface area contributed by atoms with E-state index >= 15 is 0 Å². The van der Waals surface area contributed by atoms with E-state index in [-0.39, 0.29) is 11.2 Å². The Balaban J connectivity index is 5.14. The predicted octanol–water partition coefficient (Wildman–Crippen LogP) is 3.61. The van der Waals surface area contributed by atoms with Crippen molar-refractivity contribution in [2.24, 2.45) is 5.41 Å². The minimum atomic E-state index is -0.0786. The van der Waals surface area contributed by atoms with Gasteiger partial charge in [-0.2, -0.15) is 0 Å². The first-order valence-corrected chi connectivity index (χ1v) is 4.02. The largest absolute Gasteiger partial charge is 0.507 e. The molecule has 0 atom stereocenters. The molecular formula is C11H18O. The molecule has 1 nitrogen and oxygen atoms in total. The van der Waals surface area contributed by atoms with Crippen molar-refractivity contribution in [3.8, 4) is 0 Å². The zero-order valence-electron chi connectivity index (χ0n) is 8.44. The van der Waals surface area contributed by atoms with Crippen LogP contribution >= 0.6 is 0 Å². The van der Waals surface area contributed by atoms with Gasteiger partial charge in [-0.1, -0.05) is 40.0 Å². The van der Waals surface area contributed by atoms with E-state index < -0.39 is 0 Å². The lowest BCUT2D eigenvalue weighted by Crippen LogP contribution is -2.10. The van der Waals surface area contributed by atoms with Crippen molar-refractivity contribution in [2.75, 3.05) is 0 Å². The Kier molecular flexibility index (Phi) is 3.32. The van der Waals surface area contributed by atoms with Crippen LogP contribution in [0.15, 0.2) is 36.1 Å². The molecule has 0 unspecified atom stereocenters. The van der Waals surface area contributed by atoms with E-state index in [0.717, 1.165) is 5.57 Å². The zero-order valence-corrected chi connectivity index (χ0v) is 8.44. The van der Waals surface area contributed by atoms with Gasteiger partial charge in [-0.25, -0.2) is 0 Å². The SMILES string of the molecule is C=C/C(=C(/O)C(=C)C)C(C)(C)C. The number of rotatable bonds is 2. The van der Waals surface area contributed by atoms with Gasteiger partial charge in [-0.3, -0.25) is 0 Å². The highest BCUT2D eigenvalue weighted by atomic mass is 16.3. The molecule has 68 valence electrons. The maximum atomic E-state index is 9.63. The third-order valence-electron chi connectivity index (χ3n) is 1.67. The van der Waals surface area contributed by atoms with Crippen LogP contribution in [-0.4, -0.2) is 5.11 Å². The van der Waals surface area contributed by atoms with Crippen LogP contribution in [0, 0.1) is 5.41 Å². The fraction of sp³-hybridized carbons (Fsp3) is 0.455. The van der Waals surface area contributed by atoms with E-state index in [1.165, 1.54) is 0 Å². The van der Waals surface area contributed by atoms with Crippen molar-refractivity contribution < 1.29 is 5.11 Å². The molecule has 0 aliphatic rings. The number of aliphatic hydroxyl groups is 1. The highest BCUT2D eigenvalue weighted by molar-refractivity contribution is 5.35. The molecule has 0 aromatic carbocycles. The summed E-state index contributed by atoms with van der Waals surface area (Å²) in [5.74, 6) is 0.262. The lowest BCUT2D eigenvalue weighted by atomic mass is 9.84. The molecule has 0 radical (unpaired) electrons.